The van der Waals surface area contributed by atoms with E-state index in [0.29, 0.717) is 0 Å². The summed E-state index contributed by atoms with van der Waals surface area (Å²) in [6.45, 7) is 8.60. The second kappa shape index (κ2) is 7.04. The first-order valence-electron chi connectivity index (χ1n) is 7.01. The van der Waals surface area contributed by atoms with Crippen LogP contribution >= 0.6 is 0 Å². The number of likely N-dealkylation sites (N-methyl/N-ethyl adjacent to an activating group) is 1. The van der Waals surface area contributed by atoms with Gasteiger partial charge < -0.3 is 10.2 Å². The Kier molecular flexibility index (Phi) is 5.10. The highest BCUT2D eigenvalue weighted by Gasteiger charge is 2.04. The first-order valence-corrected chi connectivity index (χ1v) is 7.01. The van der Waals surface area contributed by atoms with Gasteiger partial charge in [0.2, 0.25) is 0 Å². The fourth-order valence-electron chi connectivity index (χ4n) is 2.24. The Bertz CT molecular complexity index is 507. The third-order valence-corrected chi connectivity index (χ3v) is 3.28. The fraction of sp³-hybridized carbons (Fsp3) is 0.467. The van der Waals surface area contributed by atoms with Crippen LogP contribution in [0.1, 0.15) is 20.3 Å². The van der Waals surface area contributed by atoms with Crippen molar-refractivity contribution in [3.63, 3.8) is 0 Å². The molecule has 2 aromatic rings. The van der Waals surface area contributed by atoms with E-state index in [1.54, 1.807) is 6.20 Å². The van der Waals surface area contributed by atoms with E-state index in [1.165, 1.54) is 6.42 Å². The lowest BCUT2D eigenvalue weighted by atomic mass is 10.2. The lowest BCUT2D eigenvalue weighted by Gasteiger charge is -2.19. The normalized spacial score (nSPS) is 11.1. The predicted octanol–water partition coefficient (Wildman–Crippen LogP) is 2.77. The van der Waals surface area contributed by atoms with Crippen molar-refractivity contribution >= 4 is 16.6 Å². The number of nitrogens with zero attached hydrogens (tertiary/aromatic N) is 3. The van der Waals surface area contributed by atoms with Crippen LogP contribution in [0.25, 0.3) is 10.8 Å². The molecule has 0 aliphatic rings. The summed E-state index contributed by atoms with van der Waals surface area (Å²) in [6.07, 6.45) is 3.00. The molecule has 0 amide bonds. The molecule has 0 spiro atoms. The standard InChI is InChI=1S/C15H22N4/c1-3-10-19(4-2)11-9-16-15-14-8-6-5-7-13(14)12-17-18-15/h5-8,12H,3-4,9-11H2,1-2H3,(H,16,18). The molecule has 4 heteroatoms. The smallest absolute Gasteiger partial charge is 0.156 e. The minimum Gasteiger partial charge on any atom is -0.367 e. The molecule has 0 aliphatic heterocycles. The monoisotopic (exact) mass is 258 g/mol. The van der Waals surface area contributed by atoms with Crippen molar-refractivity contribution in [3.8, 4) is 0 Å². The molecule has 1 heterocycles. The van der Waals surface area contributed by atoms with Crippen LogP contribution in [0, 0.1) is 0 Å². The maximum atomic E-state index is 4.20. The van der Waals surface area contributed by atoms with Gasteiger partial charge in [-0.3, -0.25) is 0 Å². The number of rotatable bonds is 7. The van der Waals surface area contributed by atoms with Crippen LogP contribution in [-0.4, -0.2) is 41.3 Å². The largest absolute Gasteiger partial charge is 0.367 e. The van der Waals surface area contributed by atoms with E-state index in [2.05, 4.69) is 46.4 Å². The van der Waals surface area contributed by atoms with Gasteiger partial charge in [0.15, 0.2) is 5.82 Å². The molecule has 0 radical (unpaired) electrons. The Balaban J connectivity index is 1.98. The number of benzene rings is 1. The van der Waals surface area contributed by atoms with E-state index >= 15 is 0 Å². The average molecular weight is 258 g/mol. The molecule has 1 aromatic heterocycles. The number of aromatic nitrogens is 2. The maximum Gasteiger partial charge on any atom is 0.156 e. The van der Waals surface area contributed by atoms with Crippen LogP contribution in [0.5, 0.6) is 0 Å². The predicted molar refractivity (Wildman–Crippen MR) is 80.4 cm³/mol. The van der Waals surface area contributed by atoms with Gasteiger partial charge in [-0.25, -0.2) is 0 Å². The van der Waals surface area contributed by atoms with Crippen LogP contribution in [0.4, 0.5) is 5.82 Å². The van der Waals surface area contributed by atoms with Gasteiger partial charge in [0.1, 0.15) is 0 Å². The lowest BCUT2D eigenvalue weighted by molar-refractivity contribution is 0.300. The van der Waals surface area contributed by atoms with E-state index in [4.69, 9.17) is 0 Å². The summed E-state index contributed by atoms with van der Waals surface area (Å²) in [5.41, 5.74) is 0. The molecule has 0 aliphatic carbocycles. The quantitative estimate of drug-likeness (QED) is 0.829. The van der Waals surface area contributed by atoms with Crippen molar-refractivity contribution in [2.75, 3.05) is 31.5 Å². The van der Waals surface area contributed by atoms with Gasteiger partial charge in [-0.1, -0.05) is 38.1 Å². The van der Waals surface area contributed by atoms with E-state index < -0.39 is 0 Å². The number of nitrogens with one attached hydrogen (secondary N) is 1. The second-order valence-corrected chi connectivity index (χ2v) is 4.64. The van der Waals surface area contributed by atoms with Gasteiger partial charge >= 0.3 is 0 Å². The van der Waals surface area contributed by atoms with Crippen LogP contribution < -0.4 is 5.32 Å². The van der Waals surface area contributed by atoms with E-state index in [1.807, 2.05) is 12.1 Å². The van der Waals surface area contributed by atoms with Crippen LogP contribution in [0.3, 0.4) is 0 Å². The molecule has 0 atom stereocenters. The fourth-order valence-corrected chi connectivity index (χ4v) is 2.24. The Morgan fingerprint density at radius 2 is 2.00 bits per heavy atom. The Morgan fingerprint density at radius 1 is 1.16 bits per heavy atom. The second-order valence-electron chi connectivity index (χ2n) is 4.64. The molecule has 19 heavy (non-hydrogen) atoms. The first kappa shape index (κ1) is 13.7. The van der Waals surface area contributed by atoms with E-state index in [9.17, 15) is 0 Å². The van der Waals surface area contributed by atoms with Crippen molar-refractivity contribution in [2.24, 2.45) is 0 Å². The summed E-state index contributed by atoms with van der Waals surface area (Å²) in [5.74, 6) is 0.880. The highest BCUT2D eigenvalue weighted by atomic mass is 15.2. The Morgan fingerprint density at radius 3 is 2.79 bits per heavy atom. The van der Waals surface area contributed by atoms with Gasteiger partial charge in [-0.05, 0) is 19.5 Å². The maximum absolute atomic E-state index is 4.20. The van der Waals surface area contributed by atoms with Crippen LogP contribution in [0.15, 0.2) is 30.5 Å². The van der Waals surface area contributed by atoms with E-state index in [0.717, 1.165) is 42.8 Å². The summed E-state index contributed by atoms with van der Waals surface area (Å²) in [6, 6.07) is 8.19. The van der Waals surface area contributed by atoms with Crippen molar-refractivity contribution in [3.05, 3.63) is 30.5 Å². The molecule has 0 saturated carbocycles. The third-order valence-electron chi connectivity index (χ3n) is 3.28. The third kappa shape index (κ3) is 3.64. The molecule has 0 fully saturated rings. The van der Waals surface area contributed by atoms with Crippen molar-refractivity contribution in [1.29, 1.82) is 0 Å². The first-order chi connectivity index (χ1) is 9.35. The van der Waals surface area contributed by atoms with Crippen LogP contribution in [0.2, 0.25) is 0 Å². The molecular formula is C15H22N4. The van der Waals surface area contributed by atoms with Crippen molar-refractivity contribution in [1.82, 2.24) is 15.1 Å². The zero-order valence-corrected chi connectivity index (χ0v) is 11.8. The number of hydrogen-bond acceptors (Lipinski definition) is 4. The average Bonchev–Trinajstić information content (AvgIpc) is 2.46. The van der Waals surface area contributed by atoms with Crippen molar-refractivity contribution < 1.29 is 0 Å². The molecule has 0 bridgehead atoms. The summed E-state index contributed by atoms with van der Waals surface area (Å²) < 4.78 is 0. The summed E-state index contributed by atoms with van der Waals surface area (Å²) >= 11 is 0. The molecule has 1 aromatic carbocycles. The minimum atomic E-state index is 0.880. The topological polar surface area (TPSA) is 41.0 Å². The van der Waals surface area contributed by atoms with Crippen LogP contribution in [-0.2, 0) is 0 Å². The summed E-state index contributed by atoms with van der Waals surface area (Å²) in [4.78, 5) is 2.44. The Hall–Kier alpha value is -1.68. The molecule has 4 nitrogen and oxygen atoms in total. The van der Waals surface area contributed by atoms with Gasteiger partial charge in [0.05, 0.1) is 6.20 Å². The van der Waals surface area contributed by atoms with Crippen molar-refractivity contribution in [2.45, 2.75) is 20.3 Å². The summed E-state index contributed by atoms with van der Waals surface area (Å²) in [7, 11) is 0. The summed E-state index contributed by atoms with van der Waals surface area (Å²) in [5, 5.41) is 13.9. The molecule has 2 rings (SSSR count). The lowest BCUT2D eigenvalue weighted by Crippen LogP contribution is -2.29. The number of anilines is 1. The molecule has 102 valence electrons. The minimum absolute atomic E-state index is 0.880. The van der Waals surface area contributed by atoms with Gasteiger partial charge in [0.25, 0.3) is 0 Å². The van der Waals surface area contributed by atoms with Gasteiger partial charge in [-0.15, -0.1) is 5.10 Å². The molecule has 0 saturated heterocycles. The van der Waals surface area contributed by atoms with Gasteiger partial charge in [-0.2, -0.15) is 5.10 Å². The van der Waals surface area contributed by atoms with E-state index in [-0.39, 0.29) is 0 Å². The zero-order chi connectivity index (χ0) is 13.5. The Labute approximate surface area is 114 Å². The highest BCUT2D eigenvalue weighted by molar-refractivity contribution is 5.90. The van der Waals surface area contributed by atoms with Gasteiger partial charge in [0, 0.05) is 23.9 Å². The molecular weight excluding hydrogens is 236 g/mol. The molecule has 1 N–H and O–H groups in total. The zero-order valence-electron chi connectivity index (χ0n) is 11.8. The molecule has 0 unspecified atom stereocenters. The number of fused-ring (bicyclic) bond motifs is 1. The highest BCUT2D eigenvalue weighted by Crippen LogP contribution is 2.18. The SMILES string of the molecule is CCCN(CC)CCNc1nncc2ccccc12. The number of hydrogen-bond donors (Lipinski definition) is 1.